The minimum Gasteiger partial charge on any atom is -0.0683 e. The summed E-state index contributed by atoms with van der Waals surface area (Å²) in [5, 5.41) is 0. The van der Waals surface area contributed by atoms with Gasteiger partial charge in [-0.25, -0.2) is 0 Å². The van der Waals surface area contributed by atoms with Crippen molar-refractivity contribution in [3.05, 3.63) is 0 Å². The van der Waals surface area contributed by atoms with E-state index in [1.807, 2.05) is 27.7 Å². The van der Waals surface area contributed by atoms with Crippen molar-refractivity contribution >= 4 is 0 Å². The minimum atomic E-state index is 0.744. The summed E-state index contributed by atoms with van der Waals surface area (Å²) in [6.07, 6.45) is 2.60. The van der Waals surface area contributed by atoms with Crippen LogP contribution in [0.25, 0.3) is 0 Å². The Hall–Kier alpha value is 0. The summed E-state index contributed by atoms with van der Waals surface area (Å²) in [6.45, 7) is 61.1. The molecule has 0 aromatic rings. The molecule has 0 aromatic carbocycles. The molecule has 0 bridgehead atoms. The second-order valence-electron chi connectivity index (χ2n) is 17.4. The van der Waals surface area contributed by atoms with Gasteiger partial charge in [0.15, 0.2) is 0 Å². The van der Waals surface area contributed by atoms with Gasteiger partial charge < -0.3 is 0 Å². The standard InChI is InChI=1S/C42H86.2C2H6/c1-22-24(3)26(5)28(7)30(9)32(11)34(13)36(15)38(17)40(19)42(21)41(20)39(18)37(16)35(14)33(12)31(10)29(8)27(6)25(4)23-2;2*1-2/h24-42H,22-23H2,1-21H3;2*1-2H3. The van der Waals surface area contributed by atoms with E-state index in [2.05, 4.69) is 145 Å². The highest BCUT2D eigenvalue weighted by Crippen LogP contribution is 2.45. The summed E-state index contributed by atoms with van der Waals surface area (Å²) in [5.41, 5.74) is 0. The molecule has 0 heteroatoms. The van der Waals surface area contributed by atoms with Crippen molar-refractivity contribution in [2.45, 2.75) is 186 Å². The maximum atomic E-state index is 2.58. The molecule has 18 unspecified atom stereocenters. The lowest BCUT2D eigenvalue weighted by Crippen LogP contribution is -2.37. The topological polar surface area (TPSA) is 0 Å². The third-order valence-electron chi connectivity index (χ3n) is 16.4. The van der Waals surface area contributed by atoms with Crippen LogP contribution >= 0.6 is 0 Å². The van der Waals surface area contributed by atoms with E-state index in [0.717, 1.165) is 112 Å². The van der Waals surface area contributed by atoms with Crippen LogP contribution in [0.15, 0.2) is 0 Å². The second kappa shape index (κ2) is 25.0. The van der Waals surface area contributed by atoms with Gasteiger partial charge in [-0.2, -0.15) is 0 Å². The van der Waals surface area contributed by atoms with E-state index in [-0.39, 0.29) is 0 Å². The Morgan fingerprint density at radius 1 is 0.196 bits per heavy atom. The van der Waals surface area contributed by atoms with Gasteiger partial charge in [0.2, 0.25) is 0 Å². The van der Waals surface area contributed by atoms with Crippen LogP contribution < -0.4 is 0 Å². The Labute approximate surface area is 297 Å². The minimum absolute atomic E-state index is 0.744. The van der Waals surface area contributed by atoms with E-state index in [1.165, 1.54) is 12.8 Å². The Kier molecular flexibility index (Phi) is 27.4. The monoisotopic (exact) mass is 651 g/mol. The zero-order valence-corrected chi connectivity index (χ0v) is 37.4. The predicted octanol–water partition coefficient (Wildman–Crippen LogP) is 15.9. The Morgan fingerprint density at radius 3 is 0.370 bits per heavy atom. The fraction of sp³-hybridized carbons (Fsp3) is 1.00. The maximum Gasteiger partial charge on any atom is -0.0386 e. The predicted molar refractivity (Wildman–Crippen MR) is 217 cm³/mol. The molecule has 0 N–H and O–H groups in total. The lowest BCUT2D eigenvalue weighted by molar-refractivity contribution is 0.0479. The SMILES string of the molecule is CC.CC.CCC(C)C(C)C(C)C(C)C(C)C(C)C(C)C(C)C(C)C(C)C(C)C(C)C(C)C(C)C(C)C(C)C(C)C(C)C(C)CC. The number of hydrogen-bond acceptors (Lipinski definition) is 0. The van der Waals surface area contributed by atoms with Crippen LogP contribution in [0.4, 0.5) is 0 Å². The lowest BCUT2D eigenvalue weighted by atomic mass is 9.62. The van der Waals surface area contributed by atoms with E-state index in [1.54, 1.807) is 0 Å². The van der Waals surface area contributed by atoms with Crippen LogP contribution in [0.1, 0.15) is 186 Å². The van der Waals surface area contributed by atoms with E-state index in [4.69, 9.17) is 0 Å². The van der Waals surface area contributed by atoms with E-state index in [9.17, 15) is 0 Å². The van der Waals surface area contributed by atoms with Gasteiger partial charge >= 0.3 is 0 Å². The first-order valence-electron chi connectivity index (χ1n) is 21.2. The van der Waals surface area contributed by atoms with Gasteiger partial charge in [0.05, 0.1) is 0 Å². The van der Waals surface area contributed by atoms with Crippen molar-refractivity contribution < 1.29 is 0 Å². The van der Waals surface area contributed by atoms with E-state index >= 15 is 0 Å². The summed E-state index contributed by atoms with van der Waals surface area (Å²) >= 11 is 0. The van der Waals surface area contributed by atoms with Crippen LogP contribution in [0.2, 0.25) is 0 Å². The fourth-order valence-corrected chi connectivity index (χ4v) is 8.96. The van der Waals surface area contributed by atoms with Crippen molar-refractivity contribution in [3.8, 4) is 0 Å². The van der Waals surface area contributed by atoms with Crippen LogP contribution in [0, 0.1) is 112 Å². The molecule has 0 spiro atoms. The van der Waals surface area contributed by atoms with Crippen LogP contribution in [0.3, 0.4) is 0 Å². The molecular formula is C46H98. The third-order valence-corrected chi connectivity index (χ3v) is 16.4. The molecule has 0 saturated heterocycles. The van der Waals surface area contributed by atoms with E-state index in [0.29, 0.717) is 0 Å². The molecule has 0 rings (SSSR count). The van der Waals surface area contributed by atoms with Crippen LogP contribution in [-0.4, -0.2) is 0 Å². The summed E-state index contributed by atoms with van der Waals surface area (Å²) in [4.78, 5) is 0. The second-order valence-corrected chi connectivity index (χ2v) is 17.4. The average Bonchev–Trinajstić information content (AvgIpc) is 3.09. The number of rotatable bonds is 20. The van der Waals surface area contributed by atoms with Crippen LogP contribution in [0.5, 0.6) is 0 Å². The smallest absolute Gasteiger partial charge is 0.0386 e. The van der Waals surface area contributed by atoms with Gasteiger partial charge in [0, 0.05) is 0 Å². The van der Waals surface area contributed by atoms with Crippen molar-refractivity contribution in [2.24, 2.45) is 112 Å². The molecule has 282 valence electrons. The Morgan fingerprint density at radius 2 is 0.283 bits per heavy atom. The Balaban J connectivity index is -0.00000443. The molecule has 46 heavy (non-hydrogen) atoms. The van der Waals surface area contributed by atoms with Gasteiger partial charge in [-0.15, -0.1) is 0 Å². The summed E-state index contributed by atoms with van der Waals surface area (Å²) in [7, 11) is 0. The van der Waals surface area contributed by atoms with Gasteiger partial charge in [0.1, 0.15) is 0 Å². The molecule has 0 aliphatic heterocycles. The number of hydrogen-bond donors (Lipinski definition) is 0. The molecular weight excluding hydrogens is 553 g/mol. The first kappa shape index (κ1) is 50.4. The summed E-state index contributed by atoms with van der Waals surface area (Å²) < 4.78 is 0. The first-order chi connectivity index (χ1) is 21.2. The highest BCUT2D eigenvalue weighted by molar-refractivity contribution is 4.87. The van der Waals surface area contributed by atoms with Gasteiger partial charge in [-0.05, 0) is 112 Å². The zero-order valence-electron chi connectivity index (χ0n) is 37.4. The van der Waals surface area contributed by atoms with Crippen molar-refractivity contribution in [1.29, 1.82) is 0 Å². The molecule has 0 amide bonds. The molecule has 0 radical (unpaired) electrons. The van der Waals surface area contributed by atoms with Gasteiger partial charge in [0.25, 0.3) is 0 Å². The summed E-state index contributed by atoms with van der Waals surface area (Å²) in [5.74, 6) is 14.6. The molecule has 0 aliphatic rings. The maximum absolute atomic E-state index is 2.58. The quantitative estimate of drug-likeness (QED) is 0.123. The summed E-state index contributed by atoms with van der Waals surface area (Å²) in [6, 6.07) is 0. The molecule has 0 fully saturated rings. The van der Waals surface area contributed by atoms with Crippen LogP contribution in [-0.2, 0) is 0 Å². The molecule has 0 nitrogen and oxygen atoms in total. The highest BCUT2D eigenvalue weighted by atomic mass is 14.4. The largest absolute Gasteiger partial charge is 0.0683 e. The molecule has 0 heterocycles. The molecule has 0 saturated carbocycles. The van der Waals surface area contributed by atoms with Crippen molar-refractivity contribution in [2.75, 3.05) is 0 Å². The molecule has 0 aliphatic carbocycles. The van der Waals surface area contributed by atoms with Crippen molar-refractivity contribution in [3.63, 3.8) is 0 Å². The Bertz CT molecular complexity index is 636. The molecule has 18 atom stereocenters. The fourth-order valence-electron chi connectivity index (χ4n) is 8.96. The lowest BCUT2D eigenvalue weighted by Gasteiger charge is -2.44. The first-order valence-corrected chi connectivity index (χ1v) is 21.2. The zero-order chi connectivity index (χ0) is 37.4. The van der Waals surface area contributed by atoms with Crippen molar-refractivity contribution in [1.82, 2.24) is 0 Å². The van der Waals surface area contributed by atoms with Gasteiger partial charge in [-0.3, -0.25) is 0 Å². The highest BCUT2D eigenvalue weighted by Gasteiger charge is 2.38. The van der Waals surface area contributed by atoms with Gasteiger partial charge in [-0.1, -0.05) is 186 Å². The third kappa shape index (κ3) is 14.1. The normalized spacial score (nSPS) is 24.5. The average molecular weight is 651 g/mol. The molecule has 0 aromatic heterocycles. The van der Waals surface area contributed by atoms with E-state index < -0.39 is 0 Å².